The molecule has 0 unspecified atom stereocenters. The van der Waals surface area contributed by atoms with Crippen molar-refractivity contribution in [2.24, 2.45) is 0 Å². The topological polar surface area (TPSA) is 25.9 Å². The SMILES string of the molecule is C(#Cc1ccccc1)c1ccccc1.C1=C/C=C\C=C/C=C1.Cc1cc(C)c(N2C=CN(c3c(C)cc(C)cc3C)C2)c(C)c1.Cc1cc(C)c(N2CCN(c3c(C)cc(C)cc3C)C2)c(C)c1.Cc1ccccc1.Cc1ccccn1.c1ccccc1. The third-order valence-corrected chi connectivity index (χ3v) is 14.7. The summed E-state index contributed by atoms with van der Waals surface area (Å²) in [6.07, 6.45) is 22.2. The van der Waals surface area contributed by atoms with Crippen molar-refractivity contribution in [2.75, 3.05) is 46.0 Å². The first-order valence-corrected chi connectivity index (χ1v) is 30.7. The lowest BCUT2D eigenvalue weighted by atomic mass is 10.0. The van der Waals surface area contributed by atoms with E-state index in [-0.39, 0.29) is 0 Å². The molecule has 0 atom stereocenters. The highest BCUT2D eigenvalue weighted by Gasteiger charge is 2.25. The van der Waals surface area contributed by atoms with Gasteiger partial charge in [-0.15, -0.1) is 0 Å². The maximum atomic E-state index is 3.98. The second-order valence-electron chi connectivity index (χ2n) is 22.8. The molecule has 5 heteroatoms. The molecule has 0 radical (unpaired) electrons. The molecule has 3 aliphatic rings. The highest BCUT2D eigenvalue weighted by Crippen LogP contribution is 2.35. The molecule has 5 nitrogen and oxygen atoms in total. The zero-order valence-electron chi connectivity index (χ0n) is 54.9. The van der Waals surface area contributed by atoms with Gasteiger partial charge in [-0.2, -0.15) is 0 Å². The molecule has 0 saturated carbocycles. The summed E-state index contributed by atoms with van der Waals surface area (Å²) < 4.78 is 0. The van der Waals surface area contributed by atoms with E-state index in [4.69, 9.17) is 0 Å². The number of benzene rings is 8. The van der Waals surface area contributed by atoms with Gasteiger partial charge in [0, 0.05) is 71.3 Å². The van der Waals surface area contributed by atoms with E-state index in [1.807, 2.05) is 189 Å². The highest BCUT2D eigenvalue weighted by atomic mass is 15.4. The number of rotatable bonds is 4. The van der Waals surface area contributed by atoms with E-state index < -0.39 is 0 Å². The van der Waals surface area contributed by atoms with E-state index in [9.17, 15) is 0 Å². The first-order chi connectivity index (χ1) is 42.5. The predicted molar refractivity (Wildman–Crippen MR) is 383 cm³/mol. The summed E-state index contributed by atoms with van der Waals surface area (Å²) in [7, 11) is 0. The Balaban J connectivity index is 0.000000175. The summed E-state index contributed by atoms with van der Waals surface area (Å²) in [6, 6.07) is 66.4. The molecule has 9 aromatic rings. The number of hydrogen-bond donors (Lipinski definition) is 0. The third-order valence-electron chi connectivity index (χ3n) is 14.7. The number of pyridine rings is 1. The van der Waals surface area contributed by atoms with Crippen LogP contribution in [0.5, 0.6) is 0 Å². The Bertz CT molecular complexity index is 3400. The van der Waals surface area contributed by atoms with Gasteiger partial charge in [0.2, 0.25) is 0 Å². The van der Waals surface area contributed by atoms with Crippen LogP contribution in [0.2, 0.25) is 0 Å². The molecule has 0 spiro atoms. The van der Waals surface area contributed by atoms with Crippen molar-refractivity contribution in [3.05, 3.63) is 350 Å². The molecule has 1 fully saturated rings. The summed E-state index contributed by atoms with van der Waals surface area (Å²) in [6.45, 7) is 34.5. The van der Waals surface area contributed by atoms with Gasteiger partial charge < -0.3 is 19.6 Å². The Morgan fingerprint density at radius 3 is 0.807 bits per heavy atom. The molecule has 0 bridgehead atoms. The zero-order valence-corrected chi connectivity index (χ0v) is 54.9. The van der Waals surface area contributed by atoms with Crippen LogP contribution >= 0.6 is 0 Å². The summed E-state index contributed by atoms with van der Waals surface area (Å²) in [5, 5.41) is 0. The minimum absolute atomic E-state index is 0.871. The summed E-state index contributed by atoms with van der Waals surface area (Å²) in [5.74, 6) is 6.22. The second-order valence-corrected chi connectivity index (χ2v) is 22.8. The van der Waals surface area contributed by atoms with Gasteiger partial charge in [-0.05, 0) is 178 Å². The van der Waals surface area contributed by atoms with E-state index in [0.717, 1.165) is 43.2 Å². The molecular weight excluding hydrogens is 1070 g/mol. The fourth-order valence-electron chi connectivity index (χ4n) is 11.3. The van der Waals surface area contributed by atoms with Gasteiger partial charge in [0.05, 0.1) is 13.3 Å². The van der Waals surface area contributed by atoms with E-state index in [1.54, 1.807) is 6.20 Å². The normalized spacial score (nSPS) is 13.0. The van der Waals surface area contributed by atoms with Gasteiger partial charge in [-0.25, -0.2) is 0 Å². The van der Waals surface area contributed by atoms with Crippen LogP contribution in [-0.4, -0.2) is 31.4 Å². The summed E-state index contributed by atoms with van der Waals surface area (Å²) in [4.78, 5) is 13.7. The standard InChI is InChI=1S/C21H28N2.C21H26N2.C14H10.C8H8.C7H8.C6H7N.C6H6/c2*1-14-9-16(3)20(17(4)10-14)22-7-8-23(13-22)21-18(5)11-15(2)12-19(21)6;1-3-7-13(8-4-1)11-12-14-9-5-2-6-10-14;1-2-4-6-8-7-5-3-1;1-7-5-3-2-4-6-7;1-6-4-2-3-5-7-6;1-2-4-6-5-3-1/h9-12H,7-8,13H2,1-6H3;7-12H,13H2,1-6H3;1-10H;1-8H;2-6H,1H3;2-5H,1H3;1-6H/b;;;2-1-,3-1?,4-2?,5-3-,6-4?,7-5?,8-6?,8-7?;;;. The van der Waals surface area contributed by atoms with Gasteiger partial charge in [0.1, 0.15) is 0 Å². The molecule has 12 rings (SSSR count). The average molecular weight is 1160 g/mol. The summed E-state index contributed by atoms with van der Waals surface area (Å²) in [5.41, 5.74) is 26.3. The van der Waals surface area contributed by atoms with E-state index in [1.165, 1.54) is 95.1 Å². The highest BCUT2D eigenvalue weighted by molar-refractivity contribution is 5.70. The zero-order chi connectivity index (χ0) is 63.2. The molecule has 88 heavy (non-hydrogen) atoms. The van der Waals surface area contributed by atoms with Crippen LogP contribution in [0.4, 0.5) is 22.7 Å². The largest absolute Gasteiger partial charge is 0.352 e. The van der Waals surface area contributed by atoms with Crippen LogP contribution in [0.25, 0.3) is 0 Å². The quantitative estimate of drug-likeness (QED) is 0.164. The molecule has 0 N–H and O–H groups in total. The van der Waals surface area contributed by atoms with Crippen LogP contribution in [0.1, 0.15) is 89.1 Å². The Morgan fingerprint density at radius 1 is 0.284 bits per heavy atom. The fourth-order valence-corrected chi connectivity index (χ4v) is 11.3. The van der Waals surface area contributed by atoms with Crippen LogP contribution in [0.15, 0.2) is 261 Å². The number of hydrogen-bond acceptors (Lipinski definition) is 5. The first-order valence-electron chi connectivity index (χ1n) is 30.7. The monoisotopic (exact) mass is 1160 g/mol. The minimum Gasteiger partial charge on any atom is -0.352 e. The van der Waals surface area contributed by atoms with Crippen molar-refractivity contribution in [1.82, 2.24) is 4.98 Å². The van der Waals surface area contributed by atoms with Crippen molar-refractivity contribution < 1.29 is 0 Å². The lowest BCUT2D eigenvalue weighted by molar-refractivity contribution is 0.930. The molecule has 1 aromatic heterocycles. The minimum atomic E-state index is 0.871. The van der Waals surface area contributed by atoms with Crippen molar-refractivity contribution in [1.29, 1.82) is 0 Å². The van der Waals surface area contributed by atoms with Crippen LogP contribution in [0.3, 0.4) is 0 Å². The molecule has 450 valence electrons. The van der Waals surface area contributed by atoms with E-state index >= 15 is 0 Å². The lowest BCUT2D eigenvalue weighted by Crippen LogP contribution is -2.27. The van der Waals surface area contributed by atoms with E-state index in [0.29, 0.717) is 0 Å². The maximum Gasteiger partial charge on any atom is 0.0989 e. The number of nitrogens with zero attached hydrogens (tertiary/aromatic N) is 5. The smallest absolute Gasteiger partial charge is 0.0989 e. The number of aromatic nitrogens is 1. The predicted octanol–water partition coefficient (Wildman–Crippen LogP) is 20.5. The van der Waals surface area contributed by atoms with Crippen molar-refractivity contribution >= 4 is 22.7 Å². The van der Waals surface area contributed by atoms with Gasteiger partial charge in [0.25, 0.3) is 0 Å². The van der Waals surface area contributed by atoms with Gasteiger partial charge >= 0.3 is 0 Å². The molecule has 1 saturated heterocycles. The van der Waals surface area contributed by atoms with Crippen molar-refractivity contribution in [3.63, 3.8) is 0 Å². The Kier molecular flexibility index (Phi) is 27.4. The number of aryl methyl sites for hydroxylation is 14. The molecule has 2 aliphatic heterocycles. The Morgan fingerprint density at radius 2 is 0.557 bits per heavy atom. The van der Waals surface area contributed by atoms with Crippen LogP contribution in [0, 0.1) is 109 Å². The molecule has 3 heterocycles. The van der Waals surface area contributed by atoms with Gasteiger partial charge in [0.15, 0.2) is 0 Å². The number of allylic oxidation sites excluding steroid dienone is 8. The fraction of sp³-hybridized carbons (Fsp3) is 0.217. The Labute approximate surface area is 530 Å². The average Bonchev–Trinajstić information content (AvgIpc) is 2.61. The van der Waals surface area contributed by atoms with Crippen LogP contribution < -0.4 is 19.6 Å². The van der Waals surface area contributed by atoms with Crippen molar-refractivity contribution in [3.8, 4) is 11.8 Å². The summed E-state index contributed by atoms with van der Waals surface area (Å²) >= 11 is 0. The number of anilines is 4. The van der Waals surface area contributed by atoms with Gasteiger partial charge in [-0.1, -0.05) is 246 Å². The molecule has 8 aromatic carbocycles. The third kappa shape index (κ3) is 22.3. The Hall–Kier alpha value is -9.63. The lowest BCUT2D eigenvalue weighted by Gasteiger charge is -2.27. The second kappa shape index (κ2) is 35.7. The molecule has 0 amide bonds. The molecular formula is C83H93N5. The van der Waals surface area contributed by atoms with Crippen LogP contribution in [-0.2, 0) is 0 Å². The molecule has 1 aliphatic carbocycles. The van der Waals surface area contributed by atoms with Crippen molar-refractivity contribution in [2.45, 2.75) is 96.9 Å². The first kappa shape index (κ1) is 67.5. The van der Waals surface area contributed by atoms with Gasteiger partial charge in [-0.3, -0.25) is 4.98 Å². The van der Waals surface area contributed by atoms with E-state index in [2.05, 4.69) is 199 Å². The maximum absolute atomic E-state index is 3.98.